The Hall–Kier alpha value is -1.89. The summed E-state index contributed by atoms with van der Waals surface area (Å²) in [6, 6.07) is 15.8. The zero-order chi connectivity index (χ0) is 18.0. The fourth-order valence-electron chi connectivity index (χ4n) is 2.30. The van der Waals surface area contributed by atoms with E-state index in [1.807, 2.05) is 0 Å². The monoisotopic (exact) mass is 407 g/mol. The summed E-state index contributed by atoms with van der Waals surface area (Å²) < 4.78 is 5.78. The third-order valence-corrected chi connectivity index (χ3v) is 4.39. The molecule has 3 aromatic rings. The van der Waals surface area contributed by atoms with E-state index in [1.54, 1.807) is 54.6 Å². The molecule has 0 spiro atoms. The van der Waals surface area contributed by atoms with Crippen LogP contribution in [0.25, 0.3) is 23.0 Å². The number of benzene rings is 2. The van der Waals surface area contributed by atoms with E-state index >= 15 is 0 Å². The molecule has 0 amide bonds. The Morgan fingerprint density at radius 2 is 1.60 bits per heavy atom. The Morgan fingerprint density at radius 1 is 0.880 bits per heavy atom. The lowest BCUT2D eigenvalue weighted by Crippen LogP contribution is -1.83. The van der Waals surface area contributed by atoms with Gasteiger partial charge < -0.3 is 4.42 Å². The maximum atomic E-state index is 9.44. The van der Waals surface area contributed by atoms with Gasteiger partial charge in [0.25, 0.3) is 0 Å². The second-order valence-corrected chi connectivity index (χ2v) is 6.87. The molecule has 0 aliphatic heterocycles. The van der Waals surface area contributed by atoms with Crippen molar-refractivity contribution >= 4 is 58.1 Å². The molecule has 0 radical (unpaired) electrons. The molecule has 0 atom stereocenters. The van der Waals surface area contributed by atoms with Crippen LogP contribution < -0.4 is 0 Å². The minimum absolute atomic E-state index is 0.367. The SMILES string of the molecule is N#CC(=Cc1ccc(-c2cc(Cl)cc(Cl)c2)o1)c1ccc(Cl)cc1Cl. The summed E-state index contributed by atoms with van der Waals surface area (Å²) in [4.78, 5) is 0. The molecule has 0 aliphatic rings. The van der Waals surface area contributed by atoms with Crippen LogP contribution in [0.2, 0.25) is 20.1 Å². The van der Waals surface area contributed by atoms with Crippen molar-refractivity contribution in [2.45, 2.75) is 0 Å². The van der Waals surface area contributed by atoms with Crippen LogP contribution in [0.1, 0.15) is 11.3 Å². The second-order valence-electron chi connectivity index (χ2n) is 5.15. The second kappa shape index (κ2) is 7.56. The Balaban J connectivity index is 1.98. The van der Waals surface area contributed by atoms with Crippen LogP contribution in [0.3, 0.4) is 0 Å². The number of furan rings is 1. The molecular formula is C19H9Cl4NO. The molecule has 0 saturated carbocycles. The van der Waals surface area contributed by atoms with Crippen LogP contribution in [-0.4, -0.2) is 0 Å². The molecule has 0 unspecified atom stereocenters. The minimum atomic E-state index is 0.367. The normalized spacial score (nSPS) is 11.4. The van der Waals surface area contributed by atoms with E-state index in [9.17, 15) is 5.26 Å². The van der Waals surface area contributed by atoms with Crippen LogP contribution in [0.5, 0.6) is 0 Å². The lowest BCUT2D eigenvalue weighted by Gasteiger charge is -2.03. The van der Waals surface area contributed by atoms with E-state index in [1.165, 1.54) is 0 Å². The summed E-state index contributed by atoms with van der Waals surface area (Å²) in [7, 11) is 0. The summed E-state index contributed by atoms with van der Waals surface area (Å²) in [5, 5.41) is 11.4. The van der Waals surface area contributed by atoms with Gasteiger partial charge in [-0.1, -0.05) is 52.5 Å². The highest BCUT2D eigenvalue weighted by Gasteiger charge is 2.10. The van der Waals surface area contributed by atoms with Gasteiger partial charge in [0.2, 0.25) is 0 Å². The number of rotatable bonds is 3. The number of hydrogen-bond acceptors (Lipinski definition) is 2. The van der Waals surface area contributed by atoms with Crippen molar-refractivity contribution in [2.24, 2.45) is 0 Å². The molecule has 2 aromatic carbocycles. The first-order valence-corrected chi connectivity index (χ1v) is 8.61. The number of allylic oxidation sites excluding steroid dienone is 1. The van der Waals surface area contributed by atoms with Gasteiger partial charge in [0.1, 0.15) is 11.5 Å². The molecule has 0 N–H and O–H groups in total. The Morgan fingerprint density at radius 3 is 2.24 bits per heavy atom. The fraction of sp³-hybridized carbons (Fsp3) is 0. The molecule has 124 valence electrons. The third-order valence-electron chi connectivity index (χ3n) is 3.40. The molecule has 25 heavy (non-hydrogen) atoms. The minimum Gasteiger partial charge on any atom is -0.457 e. The van der Waals surface area contributed by atoms with Gasteiger partial charge in [0.15, 0.2) is 0 Å². The zero-order valence-corrected chi connectivity index (χ0v) is 15.6. The van der Waals surface area contributed by atoms with E-state index in [0.717, 1.165) is 5.56 Å². The van der Waals surface area contributed by atoms with Crippen molar-refractivity contribution < 1.29 is 4.42 Å². The highest BCUT2D eigenvalue weighted by molar-refractivity contribution is 6.36. The first-order valence-electron chi connectivity index (χ1n) is 7.10. The van der Waals surface area contributed by atoms with Gasteiger partial charge in [-0.05, 0) is 48.5 Å². The Labute approximate surface area is 164 Å². The molecule has 0 aliphatic carbocycles. The van der Waals surface area contributed by atoms with Crippen LogP contribution in [0, 0.1) is 11.3 Å². The molecule has 1 heterocycles. The first kappa shape index (κ1) is 17.9. The number of nitrogens with zero attached hydrogens (tertiary/aromatic N) is 1. The van der Waals surface area contributed by atoms with E-state index in [-0.39, 0.29) is 0 Å². The summed E-state index contributed by atoms with van der Waals surface area (Å²) in [6.45, 7) is 0. The highest BCUT2D eigenvalue weighted by Crippen LogP contribution is 2.31. The van der Waals surface area contributed by atoms with Gasteiger partial charge in [-0.3, -0.25) is 0 Å². The van der Waals surface area contributed by atoms with E-state index in [4.69, 9.17) is 50.8 Å². The van der Waals surface area contributed by atoms with Gasteiger partial charge in [0, 0.05) is 26.2 Å². The highest BCUT2D eigenvalue weighted by atomic mass is 35.5. The zero-order valence-electron chi connectivity index (χ0n) is 12.6. The van der Waals surface area contributed by atoms with Gasteiger partial charge in [-0.25, -0.2) is 0 Å². The Kier molecular flexibility index (Phi) is 5.42. The van der Waals surface area contributed by atoms with E-state index < -0.39 is 0 Å². The molecule has 1 aromatic heterocycles. The van der Waals surface area contributed by atoms with Crippen molar-refractivity contribution in [1.29, 1.82) is 5.26 Å². The van der Waals surface area contributed by atoms with Crippen molar-refractivity contribution in [2.75, 3.05) is 0 Å². The topological polar surface area (TPSA) is 36.9 Å². The van der Waals surface area contributed by atoms with Crippen molar-refractivity contribution in [3.05, 3.63) is 79.9 Å². The first-order chi connectivity index (χ1) is 12.0. The van der Waals surface area contributed by atoms with Gasteiger partial charge in [0.05, 0.1) is 16.7 Å². The molecule has 3 rings (SSSR count). The van der Waals surface area contributed by atoms with Crippen LogP contribution in [0.4, 0.5) is 0 Å². The molecular weight excluding hydrogens is 400 g/mol. The Bertz CT molecular complexity index is 994. The number of hydrogen-bond donors (Lipinski definition) is 0. The molecule has 0 bridgehead atoms. The predicted octanol–water partition coefficient (Wildman–Crippen LogP) is 7.62. The lowest BCUT2D eigenvalue weighted by atomic mass is 10.1. The summed E-state index contributed by atoms with van der Waals surface area (Å²) in [6.07, 6.45) is 1.62. The van der Waals surface area contributed by atoms with E-state index in [2.05, 4.69) is 6.07 Å². The average molecular weight is 409 g/mol. The summed E-state index contributed by atoms with van der Waals surface area (Å²) in [5.74, 6) is 1.10. The molecule has 0 saturated heterocycles. The summed E-state index contributed by atoms with van der Waals surface area (Å²) >= 11 is 24.1. The van der Waals surface area contributed by atoms with Crippen molar-refractivity contribution in [3.8, 4) is 17.4 Å². The van der Waals surface area contributed by atoms with Crippen LogP contribution in [0.15, 0.2) is 52.9 Å². The number of nitriles is 1. The maximum absolute atomic E-state index is 9.44. The maximum Gasteiger partial charge on any atom is 0.134 e. The summed E-state index contributed by atoms with van der Waals surface area (Å²) in [5.41, 5.74) is 1.70. The van der Waals surface area contributed by atoms with Gasteiger partial charge in [-0.15, -0.1) is 0 Å². The van der Waals surface area contributed by atoms with Gasteiger partial charge in [-0.2, -0.15) is 5.26 Å². The quantitative estimate of drug-likeness (QED) is 0.417. The fourth-order valence-corrected chi connectivity index (χ4v) is 3.34. The molecule has 2 nitrogen and oxygen atoms in total. The lowest BCUT2D eigenvalue weighted by molar-refractivity contribution is 0.572. The predicted molar refractivity (Wildman–Crippen MR) is 104 cm³/mol. The average Bonchev–Trinajstić information content (AvgIpc) is 3.01. The van der Waals surface area contributed by atoms with E-state index in [0.29, 0.717) is 42.7 Å². The van der Waals surface area contributed by atoms with Crippen molar-refractivity contribution in [1.82, 2.24) is 0 Å². The standard InChI is InChI=1S/C19H9Cl4NO/c20-13-1-3-17(18(23)9-13)12(10-24)7-16-2-4-19(25-16)11-5-14(21)8-15(22)6-11/h1-9H. The van der Waals surface area contributed by atoms with Crippen LogP contribution >= 0.6 is 46.4 Å². The van der Waals surface area contributed by atoms with Crippen LogP contribution in [-0.2, 0) is 0 Å². The van der Waals surface area contributed by atoms with Gasteiger partial charge >= 0.3 is 0 Å². The third kappa shape index (κ3) is 4.21. The largest absolute Gasteiger partial charge is 0.457 e. The molecule has 6 heteroatoms. The molecule has 0 fully saturated rings. The van der Waals surface area contributed by atoms with Crippen molar-refractivity contribution in [3.63, 3.8) is 0 Å². The number of halogens is 4. The smallest absolute Gasteiger partial charge is 0.134 e.